The fraction of sp³-hybridized carbons (Fsp3) is 0.526. The largest absolute Gasteiger partial charge is 0.479 e. The van der Waals surface area contributed by atoms with Crippen LogP contribution in [0.25, 0.3) is 6.08 Å². The number of carbonyl (C=O) groups excluding carboxylic acids is 1. The summed E-state index contributed by atoms with van der Waals surface area (Å²) in [5.41, 5.74) is 0.390. The topological polar surface area (TPSA) is 126 Å². The normalized spacial score (nSPS) is 31.7. The number of ketones is 1. The average Bonchev–Trinajstić information content (AvgIpc) is 2.61. The summed E-state index contributed by atoms with van der Waals surface area (Å²) in [5.74, 6) is 0.332. The average molecular weight is 380 g/mol. The van der Waals surface area contributed by atoms with E-state index in [1.54, 1.807) is 6.07 Å². The number of carbonyl (C=O) groups is 1. The van der Waals surface area contributed by atoms with Crippen LogP contribution >= 0.6 is 0 Å². The quantitative estimate of drug-likeness (QED) is 0.548. The zero-order valence-corrected chi connectivity index (χ0v) is 15.3. The first-order valence-corrected chi connectivity index (χ1v) is 8.67. The summed E-state index contributed by atoms with van der Waals surface area (Å²) in [6.07, 6.45) is -3.43. The number of benzene rings is 1. The van der Waals surface area contributed by atoms with Crippen molar-refractivity contribution in [3.05, 3.63) is 29.3 Å². The molecule has 8 nitrogen and oxygen atoms in total. The minimum absolute atomic E-state index is 0.152. The van der Waals surface area contributed by atoms with Crippen LogP contribution in [-0.4, -0.2) is 69.1 Å². The van der Waals surface area contributed by atoms with Gasteiger partial charge in [0.25, 0.3) is 0 Å². The molecular formula is C19H24O8. The predicted octanol–water partition coefficient (Wildman–Crippen LogP) is 0.252. The van der Waals surface area contributed by atoms with Crippen LogP contribution in [-0.2, 0) is 4.74 Å². The third-order valence-electron chi connectivity index (χ3n) is 4.61. The van der Waals surface area contributed by atoms with Gasteiger partial charge in [0.1, 0.15) is 30.0 Å². The monoisotopic (exact) mass is 380 g/mol. The molecule has 27 heavy (non-hydrogen) atoms. The van der Waals surface area contributed by atoms with Crippen molar-refractivity contribution < 1.29 is 39.4 Å². The molecule has 0 radical (unpaired) electrons. The van der Waals surface area contributed by atoms with Gasteiger partial charge in [0.2, 0.25) is 6.29 Å². The third-order valence-corrected chi connectivity index (χ3v) is 4.61. The van der Waals surface area contributed by atoms with E-state index in [1.807, 2.05) is 26.0 Å². The number of aliphatic hydroxyl groups is 4. The molecule has 1 aromatic carbocycles. The van der Waals surface area contributed by atoms with Gasteiger partial charge in [-0.1, -0.05) is 6.08 Å². The number of fused-ring (bicyclic) bond motifs is 1. The van der Waals surface area contributed by atoms with Crippen LogP contribution in [0.5, 0.6) is 11.5 Å². The number of ether oxygens (including phenoxy) is 3. The Hall–Kier alpha value is -1.97. The van der Waals surface area contributed by atoms with E-state index >= 15 is 0 Å². The molecule has 1 fully saturated rings. The number of hydrogen-bond donors (Lipinski definition) is 4. The first kappa shape index (κ1) is 19.8. The molecule has 1 aromatic rings. The van der Waals surface area contributed by atoms with Crippen molar-refractivity contribution in [1.82, 2.24) is 0 Å². The van der Waals surface area contributed by atoms with Crippen molar-refractivity contribution in [3.63, 3.8) is 0 Å². The minimum atomic E-state index is -1.56. The van der Waals surface area contributed by atoms with Gasteiger partial charge in [0, 0.05) is 11.1 Å². The van der Waals surface area contributed by atoms with E-state index in [2.05, 4.69) is 0 Å². The molecule has 1 saturated heterocycles. The molecule has 8 heteroatoms. The van der Waals surface area contributed by atoms with Crippen molar-refractivity contribution >= 4 is 11.9 Å². The number of hydrogen-bond acceptors (Lipinski definition) is 8. The van der Waals surface area contributed by atoms with Gasteiger partial charge in [0.15, 0.2) is 17.3 Å². The lowest BCUT2D eigenvalue weighted by atomic mass is 9.98. The second kappa shape index (κ2) is 7.21. The molecule has 5 atom stereocenters. The molecule has 0 spiro atoms. The Bertz CT molecular complexity index is 754. The maximum atomic E-state index is 11.9. The van der Waals surface area contributed by atoms with E-state index in [1.165, 1.54) is 13.0 Å². The summed E-state index contributed by atoms with van der Waals surface area (Å²) in [6, 6.07) is 3.14. The van der Waals surface area contributed by atoms with Crippen LogP contribution in [0.2, 0.25) is 0 Å². The van der Waals surface area contributed by atoms with Crippen molar-refractivity contribution in [2.24, 2.45) is 0 Å². The van der Waals surface area contributed by atoms with Crippen LogP contribution in [0.4, 0.5) is 0 Å². The number of Topliss-reactive ketones (excluding diaryl/α,β-unsaturated/α-hetero) is 1. The van der Waals surface area contributed by atoms with E-state index in [-0.39, 0.29) is 11.5 Å². The molecule has 2 aliphatic rings. The molecule has 0 saturated carbocycles. The van der Waals surface area contributed by atoms with Gasteiger partial charge in [-0.2, -0.15) is 0 Å². The van der Waals surface area contributed by atoms with Gasteiger partial charge < -0.3 is 34.6 Å². The van der Waals surface area contributed by atoms with Gasteiger partial charge in [-0.15, -0.1) is 0 Å². The number of aliphatic hydroxyl groups excluding tert-OH is 4. The zero-order valence-electron chi connectivity index (χ0n) is 15.3. The Kier molecular flexibility index (Phi) is 5.29. The van der Waals surface area contributed by atoms with Crippen molar-refractivity contribution in [1.29, 1.82) is 0 Å². The van der Waals surface area contributed by atoms with Crippen molar-refractivity contribution in [3.8, 4) is 11.5 Å². The fourth-order valence-corrected chi connectivity index (χ4v) is 3.03. The Morgan fingerprint density at radius 3 is 2.52 bits per heavy atom. The second-order valence-electron chi connectivity index (χ2n) is 7.30. The lowest BCUT2D eigenvalue weighted by molar-refractivity contribution is -0.277. The van der Waals surface area contributed by atoms with Crippen molar-refractivity contribution in [2.75, 3.05) is 6.61 Å². The van der Waals surface area contributed by atoms with Gasteiger partial charge in [0.05, 0.1) is 6.61 Å². The third kappa shape index (κ3) is 3.85. The first-order valence-electron chi connectivity index (χ1n) is 8.67. The highest BCUT2D eigenvalue weighted by Crippen LogP contribution is 2.41. The fourth-order valence-electron chi connectivity index (χ4n) is 3.03. The molecule has 0 bridgehead atoms. The summed E-state index contributed by atoms with van der Waals surface area (Å²) in [5, 5.41) is 39.4. The summed E-state index contributed by atoms with van der Waals surface area (Å²) in [7, 11) is 0. The highest BCUT2D eigenvalue weighted by atomic mass is 16.7. The van der Waals surface area contributed by atoms with Crippen LogP contribution in [0, 0.1) is 0 Å². The molecule has 4 N–H and O–H groups in total. The van der Waals surface area contributed by atoms with Crippen molar-refractivity contribution in [2.45, 2.75) is 57.1 Å². The summed E-state index contributed by atoms with van der Waals surface area (Å²) in [6.45, 7) is 4.55. The molecule has 2 aliphatic heterocycles. The van der Waals surface area contributed by atoms with Crippen LogP contribution < -0.4 is 9.47 Å². The summed E-state index contributed by atoms with van der Waals surface area (Å²) < 4.78 is 17.1. The Balaban J connectivity index is 1.97. The summed E-state index contributed by atoms with van der Waals surface area (Å²) in [4.78, 5) is 11.9. The first-order chi connectivity index (χ1) is 12.6. The molecule has 2 heterocycles. The summed E-state index contributed by atoms with van der Waals surface area (Å²) >= 11 is 0. The molecule has 0 amide bonds. The molecule has 0 aliphatic carbocycles. The highest BCUT2D eigenvalue weighted by Gasteiger charge is 2.45. The van der Waals surface area contributed by atoms with Crippen LogP contribution in [0.15, 0.2) is 18.2 Å². The van der Waals surface area contributed by atoms with E-state index in [0.29, 0.717) is 16.9 Å². The maximum Gasteiger partial charge on any atom is 0.229 e. The van der Waals surface area contributed by atoms with E-state index in [4.69, 9.17) is 14.2 Å². The predicted molar refractivity (Wildman–Crippen MR) is 94.6 cm³/mol. The molecule has 5 unspecified atom stereocenters. The highest BCUT2D eigenvalue weighted by molar-refractivity contribution is 5.95. The molecule has 148 valence electrons. The van der Waals surface area contributed by atoms with E-state index in [0.717, 1.165) is 0 Å². The zero-order chi connectivity index (χ0) is 19.9. The Morgan fingerprint density at radius 1 is 1.19 bits per heavy atom. The van der Waals surface area contributed by atoms with Gasteiger partial charge in [-0.25, -0.2) is 0 Å². The van der Waals surface area contributed by atoms with Crippen LogP contribution in [0.3, 0.4) is 0 Å². The lowest BCUT2D eigenvalue weighted by Gasteiger charge is -2.40. The Labute approximate surface area is 156 Å². The van der Waals surface area contributed by atoms with Gasteiger partial charge in [-0.3, -0.25) is 4.79 Å². The minimum Gasteiger partial charge on any atom is -0.479 e. The van der Waals surface area contributed by atoms with E-state index in [9.17, 15) is 25.2 Å². The number of rotatable bonds is 4. The SMILES string of the molecule is CC(=O)c1cc2c(c(OC3OC(CO)C(O)C(O)C3O)c1)OC(C)(C)C=C2. The second-order valence-corrected chi connectivity index (χ2v) is 7.30. The maximum absolute atomic E-state index is 11.9. The smallest absolute Gasteiger partial charge is 0.229 e. The Morgan fingerprint density at radius 2 is 1.89 bits per heavy atom. The van der Waals surface area contributed by atoms with Crippen LogP contribution in [0.1, 0.15) is 36.7 Å². The molecular weight excluding hydrogens is 356 g/mol. The van der Waals surface area contributed by atoms with Gasteiger partial charge >= 0.3 is 0 Å². The molecule has 0 aromatic heterocycles. The van der Waals surface area contributed by atoms with E-state index < -0.39 is 42.9 Å². The molecule has 3 rings (SSSR count). The lowest BCUT2D eigenvalue weighted by Crippen LogP contribution is -2.60. The standard InChI is InChI=1S/C19H24O8/c1-9(21)11-6-10-4-5-19(2,3)27-17(10)12(7-11)25-18-16(24)15(23)14(22)13(8-20)26-18/h4-7,13-16,18,20,22-24H,8H2,1-3H3. The van der Waals surface area contributed by atoms with Gasteiger partial charge in [-0.05, 0) is 39.0 Å².